The summed E-state index contributed by atoms with van der Waals surface area (Å²) in [6, 6.07) is 10.3. The summed E-state index contributed by atoms with van der Waals surface area (Å²) in [4.78, 5) is 14.2. The first-order chi connectivity index (χ1) is 23.4. The molecular formula is C42H54O7. The summed E-state index contributed by atoms with van der Waals surface area (Å²) in [7, 11) is 0. The van der Waals surface area contributed by atoms with E-state index in [4.69, 9.17) is 14.2 Å². The molecule has 4 aliphatic heterocycles. The van der Waals surface area contributed by atoms with Crippen LogP contribution in [-0.4, -0.2) is 76.0 Å². The number of ether oxygens (including phenoxy) is 3. The summed E-state index contributed by atoms with van der Waals surface area (Å²) in [5, 5.41) is 35.3. The first-order valence-electron chi connectivity index (χ1n) is 18.9. The molecule has 1 aromatic rings. The van der Waals surface area contributed by atoms with E-state index in [0.717, 1.165) is 49.7 Å². The summed E-state index contributed by atoms with van der Waals surface area (Å²) in [6.07, 6.45) is 9.24. The normalized spacial score (nSPS) is 47.7. The van der Waals surface area contributed by atoms with Gasteiger partial charge in [0, 0.05) is 11.3 Å². The van der Waals surface area contributed by atoms with Crippen molar-refractivity contribution < 1.29 is 34.3 Å². The summed E-state index contributed by atoms with van der Waals surface area (Å²) in [5.41, 5.74) is -0.840. The highest BCUT2D eigenvalue weighted by atomic mass is 16.5. The molecule has 3 N–H and O–H groups in total. The van der Waals surface area contributed by atoms with Gasteiger partial charge in [0.05, 0.1) is 48.1 Å². The van der Waals surface area contributed by atoms with E-state index in [9.17, 15) is 20.1 Å². The number of hydrogen-bond acceptors (Lipinski definition) is 7. The molecule has 49 heavy (non-hydrogen) atoms. The van der Waals surface area contributed by atoms with Gasteiger partial charge >= 0.3 is 0 Å². The number of carbonyl (C=O) groups is 1. The molecule has 0 amide bonds. The van der Waals surface area contributed by atoms with E-state index in [1.165, 1.54) is 0 Å². The van der Waals surface area contributed by atoms with Gasteiger partial charge in [-0.1, -0.05) is 75.1 Å². The summed E-state index contributed by atoms with van der Waals surface area (Å²) < 4.78 is 20.1. The third-order valence-electron chi connectivity index (χ3n) is 15.0. The standard InChI is InChI=1S/C42H54O7/c1-25-29-13-8-14-33(43)37(29)49-36(25)38(45)41(4,46)35-17-20-42-31-23-34(44)32-22-28(15-18-39(32,2)30(31)16-19-40(35,42)3)47-24-27(12-9-21-48-42)26-10-6-5-7-11-26/h5-8,10-11,14,23,25,27-30,32-33,35-38,43,45-46H,13,15-22,24H2,1-4H3/t25-,27-,28+,29-,30+,32+,33-,35+,36+,37+,38-,39-,40-,41+,42-/m1/s1. The number of rotatable bonds is 4. The highest BCUT2D eigenvalue weighted by molar-refractivity contribution is 5.95. The minimum Gasteiger partial charge on any atom is -0.387 e. The second kappa shape index (κ2) is 12.1. The van der Waals surface area contributed by atoms with Gasteiger partial charge in [-0.05, 0) is 105 Å². The van der Waals surface area contributed by atoms with Gasteiger partial charge in [-0.3, -0.25) is 4.79 Å². The van der Waals surface area contributed by atoms with Crippen LogP contribution in [0, 0.1) is 52.3 Å². The lowest BCUT2D eigenvalue weighted by atomic mass is 9.45. The predicted octanol–water partition coefficient (Wildman–Crippen LogP) is 5.52. The van der Waals surface area contributed by atoms with Crippen LogP contribution in [0.15, 0.2) is 54.1 Å². The Kier molecular flexibility index (Phi) is 8.38. The van der Waals surface area contributed by atoms with Crippen LogP contribution in [0.4, 0.5) is 0 Å². The van der Waals surface area contributed by atoms with Crippen molar-refractivity contribution in [2.45, 2.75) is 127 Å². The minimum absolute atomic E-state index is 0.0281. The van der Waals surface area contributed by atoms with Crippen molar-refractivity contribution in [3.8, 4) is 11.8 Å². The summed E-state index contributed by atoms with van der Waals surface area (Å²) in [6.45, 7) is 9.08. The highest BCUT2D eigenvalue weighted by Crippen LogP contribution is 2.70. The van der Waals surface area contributed by atoms with Gasteiger partial charge in [0.1, 0.15) is 12.7 Å². The number of carbonyl (C=O) groups excluding carboxylic acids is 1. The van der Waals surface area contributed by atoms with Gasteiger partial charge < -0.3 is 29.5 Å². The third kappa shape index (κ3) is 5.03. The zero-order valence-corrected chi connectivity index (χ0v) is 29.5. The largest absolute Gasteiger partial charge is 0.387 e. The number of aliphatic hydroxyl groups excluding tert-OH is 2. The van der Waals surface area contributed by atoms with Crippen LogP contribution in [0.2, 0.25) is 0 Å². The fourth-order valence-electron chi connectivity index (χ4n) is 12.2. The zero-order chi connectivity index (χ0) is 34.3. The zero-order valence-electron chi connectivity index (χ0n) is 29.5. The molecule has 0 radical (unpaired) electrons. The van der Waals surface area contributed by atoms with E-state index < -0.39 is 34.9 Å². The Balaban J connectivity index is 1.17. The number of ketones is 1. The molecule has 0 aromatic heterocycles. The summed E-state index contributed by atoms with van der Waals surface area (Å²) >= 11 is 0. The number of benzene rings is 1. The molecule has 5 aliphatic carbocycles. The van der Waals surface area contributed by atoms with Crippen LogP contribution in [-0.2, 0) is 19.0 Å². The monoisotopic (exact) mass is 670 g/mol. The number of fused-ring (bicyclic) bond motifs is 3. The average Bonchev–Trinajstić information content (AvgIpc) is 3.59. The molecule has 4 fully saturated rings. The second-order valence-corrected chi connectivity index (χ2v) is 17.2. The van der Waals surface area contributed by atoms with Crippen molar-refractivity contribution in [3.63, 3.8) is 0 Å². The molecule has 0 unspecified atom stereocenters. The lowest BCUT2D eigenvalue weighted by Crippen LogP contribution is -2.64. The van der Waals surface area contributed by atoms with Crippen molar-refractivity contribution in [3.05, 3.63) is 59.7 Å². The van der Waals surface area contributed by atoms with Crippen molar-refractivity contribution >= 4 is 5.78 Å². The molecule has 15 atom stereocenters. The van der Waals surface area contributed by atoms with Crippen LogP contribution < -0.4 is 0 Å². The van der Waals surface area contributed by atoms with Gasteiger partial charge in [0.15, 0.2) is 5.78 Å². The Hall–Kier alpha value is -2.31. The van der Waals surface area contributed by atoms with E-state index >= 15 is 0 Å². The minimum atomic E-state index is -1.50. The molecule has 6 bridgehead atoms. The fraction of sp³-hybridized carbons (Fsp3) is 0.690. The van der Waals surface area contributed by atoms with Crippen LogP contribution in [0.5, 0.6) is 0 Å². The van der Waals surface area contributed by atoms with Gasteiger partial charge in [-0.15, -0.1) is 0 Å². The maximum absolute atomic E-state index is 14.2. The summed E-state index contributed by atoms with van der Waals surface area (Å²) in [5.74, 6) is 6.77. The van der Waals surface area contributed by atoms with E-state index in [2.05, 4.69) is 44.7 Å². The molecule has 264 valence electrons. The predicted molar refractivity (Wildman–Crippen MR) is 185 cm³/mol. The Morgan fingerprint density at radius 2 is 1.86 bits per heavy atom. The Labute approximate surface area is 291 Å². The lowest BCUT2D eigenvalue weighted by Gasteiger charge is -2.61. The first-order valence-corrected chi connectivity index (χ1v) is 18.9. The van der Waals surface area contributed by atoms with Crippen LogP contribution in [0.3, 0.4) is 0 Å². The number of hydrogen-bond donors (Lipinski definition) is 3. The van der Waals surface area contributed by atoms with Gasteiger partial charge in [0.25, 0.3) is 0 Å². The van der Waals surface area contributed by atoms with Crippen molar-refractivity contribution in [1.82, 2.24) is 0 Å². The Morgan fingerprint density at radius 1 is 1.06 bits per heavy atom. The maximum Gasteiger partial charge on any atom is 0.159 e. The second-order valence-electron chi connectivity index (χ2n) is 17.2. The fourth-order valence-corrected chi connectivity index (χ4v) is 12.2. The Morgan fingerprint density at radius 3 is 2.63 bits per heavy atom. The molecule has 1 aromatic carbocycles. The van der Waals surface area contributed by atoms with Crippen molar-refractivity contribution in [2.24, 2.45) is 40.4 Å². The quantitative estimate of drug-likeness (QED) is 0.286. The van der Waals surface area contributed by atoms with Gasteiger partial charge in [-0.2, -0.15) is 0 Å². The van der Waals surface area contributed by atoms with Crippen LogP contribution >= 0.6 is 0 Å². The SMILES string of the molecule is C[C@@H]1[C@H]2CC=C[C@@H](O)[C@H]2O[C@@H]1[C@@H](O)[C@@](C)(O)[C@H]1CC[C@@]23OCC#C[C@@H](c4ccccc4)CO[C@H]4CC[C@@]5(C)[C@@H](C4)C(=O)C=C2[C@@H]5CC[C@]13C. The van der Waals surface area contributed by atoms with Crippen molar-refractivity contribution in [2.75, 3.05) is 13.2 Å². The maximum atomic E-state index is 14.2. The smallest absolute Gasteiger partial charge is 0.159 e. The average molecular weight is 671 g/mol. The highest BCUT2D eigenvalue weighted by Gasteiger charge is 2.70. The van der Waals surface area contributed by atoms with E-state index in [1.807, 2.05) is 30.4 Å². The third-order valence-corrected chi connectivity index (χ3v) is 15.0. The molecule has 3 saturated carbocycles. The van der Waals surface area contributed by atoms with E-state index in [-0.39, 0.29) is 65.5 Å². The topological polar surface area (TPSA) is 105 Å². The van der Waals surface area contributed by atoms with E-state index in [0.29, 0.717) is 19.4 Å². The van der Waals surface area contributed by atoms with Crippen LogP contribution in [0.25, 0.3) is 0 Å². The molecule has 7 heteroatoms. The molecule has 10 rings (SSSR count). The molecule has 1 spiro atoms. The Bertz CT molecular complexity index is 1570. The molecule has 4 heterocycles. The number of aliphatic hydroxyl groups is 3. The lowest BCUT2D eigenvalue weighted by molar-refractivity contribution is -0.205. The van der Waals surface area contributed by atoms with Gasteiger partial charge in [-0.25, -0.2) is 0 Å². The van der Waals surface area contributed by atoms with E-state index in [1.54, 1.807) is 13.0 Å². The number of allylic oxidation sites excluding steroid dienone is 2. The molecule has 1 saturated heterocycles. The van der Waals surface area contributed by atoms with Crippen molar-refractivity contribution in [1.29, 1.82) is 0 Å². The van der Waals surface area contributed by atoms with Crippen LogP contribution in [0.1, 0.15) is 90.5 Å². The first kappa shape index (κ1) is 33.8. The molecular weight excluding hydrogens is 616 g/mol. The molecule has 9 aliphatic rings. The molecule has 7 nitrogen and oxygen atoms in total. The van der Waals surface area contributed by atoms with Gasteiger partial charge in [0.2, 0.25) is 0 Å².